The summed E-state index contributed by atoms with van der Waals surface area (Å²) in [6.07, 6.45) is 7.35. The number of Topliss-reactive ketones (excluding diaryl/α,β-unsaturated/α-hetero) is 1. The van der Waals surface area contributed by atoms with Crippen LogP contribution in [0.3, 0.4) is 0 Å². The highest BCUT2D eigenvalue weighted by atomic mass is 32.2. The predicted molar refractivity (Wildman–Crippen MR) is 78.1 cm³/mol. The summed E-state index contributed by atoms with van der Waals surface area (Å²) in [6.45, 7) is 2.09. The van der Waals surface area contributed by atoms with Crippen molar-refractivity contribution in [2.75, 3.05) is 5.75 Å². The highest BCUT2D eigenvalue weighted by Crippen LogP contribution is 2.26. The van der Waals surface area contributed by atoms with Gasteiger partial charge >= 0.3 is 0 Å². The molecule has 0 aliphatic heterocycles. The standard InChI is InChI=1S/C16H22OS/c1-13-7-6-10-15(11-13)18-12-16(17)14-8-4-2-3-5-9-14/h6-7,10-11,14H,2-5,8-9,12H2,1H3. The Labute approximate surface area is 114 Å². The van der Waals surface area contributed by atoms with E-state index in [1.807, 2.05) is 0 Å². The first kappa shape index (κ1) is 13.7. The molecule has 18 heavy (non-hydrogen) atoms. The molecule has 1 aliphatic carbocycles. The van der Waals surface area contributed by atoms with Crippen molar-refractivity contribution in [1.29, 1.82) is 0 Å². The van der Waals surface area contributed by atoms with E-state index in [2.05, 4.69) is 31.2 Å². The fourth-order valence-electron chi connectivity index (χ4n) is 2.58. The Morgan fingerprint density at radius 2 is 1.94 bits per heavy atom. The van der Waals surface area contributed by atoms with Crippen LogP contribution in [0, 0.1) is 12.8 Å². The molecule has 0 amide bonds. The van der Waals surface area contributed by atoms with Crippen LogP contribution in [0.2, 0.25) is 0 Å². The van der Waals surface area contributed by atoms with E-state index in [4.69, 9.17) is 0 Å². The van der Waals surface area contributed by atoms with E-state index in [9.17, 15) is 4.79 Å². The minimum absolute atomic E-state index is 0.338. The van der Waals surface area contributed by atoms with E-state index in [-0.39, 0.29) is 0 Å². The van der Waals surface area contributed by atoms with Crippen LogP contribution in [-0.2, 0) is 4.79 Å². The number of benzene rings is 1. The number of ketones is 1. The van der Waals surface area contributed by atoms with Gasteiger partial charge in [0.1, 0.15) is 5.78 Å². The zero-order valence-corrected chi connectivity index (χ0v) is 12.0. The summed E-state index contributed by atoms with van der Waals surface area (Å²) in [6, 6.07) is 8.41. The number of thioether (sulfide) groups is 1. The van der Waals surface area contributed by atoms with Gasteiger partial charge in [-0.2, -0.15) is 0 Å². The summed E-state index contributed by atoms with van der Waals surface area (Å²) in [5.41, 5.74) is 1.27. The second kappa shape index (κ2) is 6.98. The zero-order chi connectivity index (χ0) is 12.8. The summed E-state index contributed by atoms with van der Waals surface area (Å²) in [5, 5.41) is 0. The summed E-state index contributed by atoms with van der Waals surface area (Å²) in [7, 11) is 0. The Kier molecular flexibility index (Phi) is 5.30. The third-order valence-corrected chi connectivity index (χ3v) is 4.70. The molecule has 0 saturated heterocycles. The van der Waals surface area contributed by atoms with Gasteiger partial charge in [0.15, 0.2) is 0 Å². The molecule has 0 aromatic heterocycles. The van der Waals surface area contributed by atoms with Crippen molar-refractivity contribution >= 4 is 17.5 Å². The Bertz CT molecular complexity index is 392. The number of hydrogen-bond acceptors (Lipinski definition) is 2. The van der Waals surface area contributed by atoms with E-state index >= 15 is 0 Å². The van der Waals surface area contributed by atoms with Crippen LogP contribution in [0.4, 0.5) is 0 Å². The Balaban J connectivity index is 1.83. The van der Waals surface area contributed by atoms with E-state index in [0.29, 0.717) is 17.5 Å². The molecule has 0 bridgehead atoms. The molecular formula is C16H22OS. The van der Waals surface area contributed by atoms with E-state index in [1.165, 1.54) is 36.1 Å². The Morgan fingerprint density at radius 3 is 2.61 bits per heavy atom. The summed E-state index contributed by atoms with van der Waals surface area (Å²) in [4.78, 5) is 13.4. The fourth-order valence-corrected chi connectivity index (χ4v) is 3.57. The normalized spacial score (nSPS) is 17.4. The SMILES string of the molecule is Cc1cccc(SCC(=O)C2CCCCCC2)c1. The molecule has 0 heterocycles. The molecule has 0 unspecified atom stereocenters. The van der Waals surface area contributed by atoms with Gasteiger partial charge in [0, 0.05) is 10.8 Å². The maximum atomic E-state index is 12.2. The maximum absolute atomic E-state index is 12.2. The smallest absolute Gasteiger partial charge is 0.146 e. The van der Waals surface area contributed by atoms with Gasteiger partial charge in [-0.15, -0.1) is 11.8 Å². The van der Waals surface area contributed by atoms with Crippen molar-refractivity contribution in [3.8, 4) is 0 Å². The molecule has 1 aliphatic rings. The first-order chi connectivity index (χ1) is 8.75. The van der Waals surface area contributed by atoms with Crippen molar-refractivity contribution in [3.05, 3.63) is 29.8 Å². The molecule has 0 radical (unpaired) electrons. The second-order valence-corrected chi connectivity index (χ2v) is 6.31. The van der Waals surface area contributed by atoms with Gasteiger partial charge in [-0.25, -0.2) is 0 Å². The van der Waals surface area contributed by atoms with Gasteiger partial charge in [0.25, 0.3) is 0 Å². The molecule has 1 fully saturated rings. The van der Waals surface area contributed by atoms with Crippen molar-refractivity contribution < 1.29 is 4.79 Å². The largest absolute Gasteiger partial charge is 0.298 e. The van der Waals surface area contributed by atoms with Crippen molar-refractivity contribution in [2.45, 2.75) is 50.3 Å². The van der Waals surface area contributed by atoms with Gasteiger partial charge in [0.05, 0.1) is 5.75 Å². The minimum Gasteiger partial charge on any atom is -0.298 e. The molecule has 2 rings (SSSR count). The summed E-state index contributed by atoms with van der Waals surface area (Å²) >= 11 is 1.69. The number of rotatable bonds is 4. The number of carbonyl (C=O) groups is 1. The molecule has 1 saturated carbocycles. The maximum Gasteiger partial charge on any atom is 0.146 e. The number of hydrogen-bond donors (Lipinski definition) is 0. The van der Waals surface area contributed by atoms with Gasteiger partial charge in [-0.1, -0.05) is 43.4 Å². The summed E-state index contributed by atoms with van der Waals surface area (Å²) in [5.74, 6) is 1.45. The Morgan fingerprint density at radius 1 is 1.22 bits per heavy atom. The zero-order valence-electron chi connectivity index (χ0n) is 11.2. The van der Waals surface area contributed by atoms with Crippen LogP contribution >= 0.6 is 11.8 Å². The van der Waals surface area contributed by atoms with Crippen LogP contribution in [-0.4, -0.2) is 11.5 Å². The lowest BCUT2D eigenvalue weighted by molar-refractivity contribution is -0.120. The van der Waals surface area contributed by atoms with Crippen LogP contribution in [0.1, 0.15) is 44.1 Å². The average Bonchev–Trinajstić information content (AvgIpc) is 2.65. The molecule has 1 aromatic carbocycles. The van der Waals surface area contributed by atoms with Crippen LogP contribution in [0.5, 0.6) is 0 Å². The molecular weight excluding hydrogens is 240 g/mol. The lowest BCUT2D eigenvalue weighted by atomic mass is 9.96. The average molecular weight is 262 g/mol. The molecule has 1 nitrogen and oxygen atoms in total. The molecule has 1 aromatic rings. The minimum atomic E-state index is 0.338. The van der Waals surface area contributed by atoms with Gasteiger partial charge in [-0.05, 0) is 31.9 Å². The third-order valence-electron chi connectivity index (χ3n) is 3.68. The van der Waals surface area contributed by atoms with Gasteiger partial charge < -0.3 is 0 Å². The predicted octanol–water partition coefficient (Wildman–Crippen LogP) is 4.63. The molecule has 0 N–H and O–H groups in total. The van der Waals surface area contributed by atoms with Crippen LogP contribution in [0.25, 0.3) is 0 Å². The monoisotopic (exact) mass is 262 g/mol. The quantitative estimate of drug-likeness (QED) is 0.581. The highest BCUT2D eigenvalue weighted by Gasteiger charge is 2.19. The lowest BCUT2D eigenvalue weighted by Gasteiger charge is -2.12. The number of aryl methyl sites for hydroxylation is 1. The fraction of sp³-hybridized carbons (Fsp3) is 0.562. The second-order valence-electron chi connectivity index (χ2n) is 5.26. The molecule has 98 valence electrons. The van der Waals surface area contributed by atoms with E-state index < -0.39 is 0 Å². The topological polar surface area (TPSA) is 17.1 Å². The van der Waals surface area contributed by atoms with Gasteiger partial charge in [0.2, 0.25) is 0 Å². The van der Waals surface area contributed by atoms with Crippen molar-refractivity contribution in [2.24, 2.45) is 5.92 Å². The highest BCUT2D eigenvalue weighted by molar-refractivity contribution is 8.00. The molecule has 0 atom stereocenters. The first-order valence-corrected chi connectivity index (χ1v) is 7.96. The Hall–Kier alpha value is -0.760. The van der Waals surface area contributed by atoms with Crippen LogP contribution in [0.15, 0.2) is 29.2 Å². The number of carbonyl (C=O) groups excluding carboxylic acids is 1. The van der Waals surface area contributed by atoms with Crippen LogP contribution < -0.4 is 0 Å². The van der Waals surface area contributed by atoms with E-state index in [1.54, 1.807) is 11.8 Å². The summed E-state index contributed by atoms with van der Waals surface area (Å²) < 4.78 is 0. The third kappa shape index (κ3) is 4.16. The van der Waals surface area contributed by atoms with Gasteiger partial charge in [-0.3, -0.25) is 4.79 Å². The molecule has 2 heteroatoms. The first-order valence-electron chi connectivity index (χ1n) is 6.98. The molecule has 0 spiro atoms. The lowest BCUT2D eigenvalue weighted by Crippen LogP contribution is -2.15. The van der Waals surface area contributed by atoms with Crippen molar-refractivity contribution in [3.63, 3.8) is 0 Å². The van der Waals surface area contributed by atoms with Crippen molar-refractivity contribution in [1.82, 2.24) is 0 Å². The van der Waals surface area contributed by atoms with E-state index in [0.717, 1.165) is 12.8 Å².